The Morgan fingerprint density at radius 3 is 2.78 bits per heavy atom. The van der Waals surface area contributed by atoms with Gasteiger partial charge in [-0.05, 0) is 6.92 Å². The van der Waals surface area contributed by atoms with Crippen LogP contribution >= 0.6 is 11.8 Å². The lowest BCUT2D eigenvalue weighted by molar-refractivity contribution is -0.136. The average molecular weight is 263 g/mol. The summed E-state index contributed by atoms with van der Waals surface area (Å²) in [7, 11) is 0. The Kier molecular flexibility index (Phi) is 3.99. The zero-order valence-corrected chi connectivity index (χ0v) is 10.7. The van der Waals surface area contributed by atoms with Crippen molar-refractivity contribution < 1.29 is 9.90 Å². The molecule has 94 valence electrons. The molecule has 1 aromatic carbocycles. The molecule has 1 aromatic heterocycles. The maximum atomic E-state index is 10.4. The van der Waals surface area contributed by atoms with Crippen molar-refractivity contribution >= 4 is 17.7 Å². The first-order valence-corrected chi connectivity index (χ1v) is 6.48. The van der Waals surface area contributed by atoms with Gasteiger partial charge in [-0.25, -0.2) is 4.98 Å². The summed E-state index contributed by atoms with van der Waals surface area (Å²) in [4.78, 5) is 14.7. The second kappa shape index (κ2) is 5.68. The van der Waals surface area contributed by atoms with Gasteiger partial charge in [-0.2, -0.15) is 0 Å². The number of hydrogen-bond acceptors (Lipinski definition) is 4. The summed E-state index contributed by atoms with van der Waals surface area (Å²) in [6.45, 7) is 2.03. The highest BCUT2D eigenvalue weighted by Gasteiger charge is 2.06. The molecule has 2 N–H and O–H groups in total. The van der Waals surface area contributed by atoms with Gasteiger partial charge in [0.2, 0.25) is 5.16 Å². The predicted octanol–water partition coefficient (Wildman–Crippen LogP) is 2.35. The summed E-state index contributed by atoms with van der Waals surface area (Å²) in [5, 5.41) is 16.0. The summed E-state index contributed by atoms with van der Waals surface area (Å²) < 4.78 is 0. The highest BCUT2D eigenvalue weighted by Crippen LogP contribution is 2.19. The Bertz CT molecular complexity index is 537. The van der Waals surface area contributed by atoms with Gasteiger partial charge in [0.25, 0.3) is 0 Å². The summed E-state index contributed by atoms with van der Waals surface area (Å²) in [5.74, 6) is 0.366. The first kappa shape index (κ1) is 12.6. The number of carboxylic acids is 1. The minimum atomic E-state index is -0.809. The average Bonchev–Trinajstić information content (AvgIpc) is 2.78. The van der Waals surface area contributed by atoms with Gasteiger partial charge >= 0.3 is 5.97 Å². The molecule has 5 nitrogen and oxygen atoms in total. The molecule has 0 atom stereocenters. The van der Waals surface area contributed by atoms with Crippen molar-refractivity contribution in [2.24, 2.45) is 0 Å². The standard InChI is InChI=1S/C12H13N3O2S/c1-8-2-4-9(5-3-8)11-13-12(15-14-11)18-7-6-10(16)17/h2-5H,6-7H2,1H3,(H,16,17)(H,13,14,15). The van der Waals surface area contributed by atoms with Crippen molar-refractivity contribution in [3.63, 3.8) is 0 Å². The van der Waals surface area contributed by atoms with Crippen molar-refractivity contribution in [1.29, 1.82) is 0 Å². The smallest absolute Gasteiger partial charge is 0.304 e. The van der Waals surface area contributed by atoms with E-state index in [1.165, 1.54) is 17.3 Å². The van der Waals surface area contributed by atoms with Crippen LogP contribution in [-0.2, 0) is 4.79 Å². The van der Waals surface area contributed by atoms with Crippen molar-refractivity contribution in [2.75, 3.05) is 5.75 Å². The molecule has 2 rings (SSSR count). The largest absolute Gasteiger partial charge is 0.481 e. The van der Waals surface area contributed by atoms with Crippen molar-refractivity contribution in [1.82, 2.24) is 15.2 Å². The summed E-state index contributed by atoms with van der Waals surface area (Å²) in [6.07, 6.45) is 0.110. The molecule has 0 bridgehead atoms. The van der Waals surface area contributed by atoms with E-state index in [-0.39, 0.29) is 6.42 Å². The highest BCUT2D eigenvalue weighted by molar-refractivity contribution is 7.99. The van der Waals surface area contributed by atoms with E-state index in [1.807, 2.05) is 31.2 Å². The van der Waals surface area contributed by atoms with Gasteiger partial charge in [-0.15, -0.1) is 5.10 Å². The molecule has 0 aliphatic carbocycles. The number of rotatable bonds is 5. The predicted molar refractivity (Wildman–Crippen MR) is 69.5 cm³/mol. The van der Waals surface area contributed by atoms with Crippen molar-refractivity contribution in [3.8, 4) is 11.4 Å². The Labute approximate surface area is 109 Å². The lowest BCUT2D eigenvalue weighted by Gasteiger charge is -1.96. The van der Waals surface area contributed by atoms with E-state index >= 15 is 0 Å². The number of thioether (sulfide) groups is 1. The molecule has 0 aliphatic rings. The molecule has 1 heterocycles. The Morgan fingerprint density at radius 2 is 2.11 bits per heavy atom. The fourth-order valence-electron chi connectivity index (χ4n) is 1.38. The van der Waals surface area contributed by atoms with Crippen LogP contribution in [0.25, 0.3) is 11.4 Å². The van der Waals surface area contributed by atoms with E-state index in [0.29, 0.717) is 16.7 Å². The number of carboxylic acid groups (broad SMARTS) is 1. The second-order valence-corrected chi connectivity index (χ2v) is 4.89. The third kappa shape index (κ3) is 3.33. The second-order valence-electron chi connectivity index (χ2n) is 3.82. The fourth-order valence-corrected chi connectivity index (χ4v) is 2.11. The summed E-state index contributed by atoms with van der Waals surface area (Å²) in [6, 6.07) is 7.97. The van der Waals surface area contributed by atoms with Gasteiger partial charge in [0, 0.05) is 11.3 Å². The molecule has 2 aromatic rings. The summed E-state index contributed by atoms with van der Waals surface area (Å²) in [5.41, 5.74) is 2.16. The minimum Gasteiger partial charge on any atom is -0.481 e. The fraction of sp³-hybridized carbons (Fsp3) is 0.250. The molecule has 0 amide bonds. The van der Waals surface area contributed by atoms with Gasteiger partial charge in [-0.1, -0.05) is 41.6 Å². The van der Waals surface area contributed by atoms with E-state index in [4.69, 9.17) is 5.11 Å². The molecule has 0 saturated heterocycles. The number of aromatic nitrogens is 3. The Hall–Kier alpha value is -1.82. The molecule has 0 saturated carbocycles. The molecular weight excluding hydrogens is 250 g/mol. The monoisotopic (exact) mass is 263 g/mol. The quantitative estimate of drug-likeness (QED) is 0.809. The van der Waals surface area contributed by atoms with Gasteiger partial charge in [0.15, 0.2) is 5.82 Å². The van der Waals surface area contributed by atoms with Gasteiger partial charge in [0.05, 0.1) is 6.42 Å². The first-order chi connectivity index (χ1) is 8.65. The Balaban J connectivity index is 2.01. The number of nitrogens with zero attached hydrogens (tertiary/aromatic N) is 2. The van der Waals surface area contributed by atoms with Crippen LogP contribution in [0.15, 0.2) is 29.4 Å². The number of aliphatic carboxylic acids is 1. The molecule has 0 spiro atoms. The number of H-pyrrole nitrogens is 1. The van der Waals surface area contributed by atoms with Gasteiger partial charge in [0.1, 0.15) is 0 Å². The molecular formula is C12H13N3O2S. The first-order valence-electron chi connectivity index (χ1n) is 5.49. The zero-order valence-electron chi connectivity index (χ0n) is 9.88. The number of aromatic amines is 1. The van der Waals surface area contributed by atoms with Crippen LogP contribution < -0.4 is 0 Å². The Morgan fingerprint density at radius 1 is 1.39 bits per heavy atom. The van der Waals surface area contributed by atoms with Crippen molar-refractivity contribution in [3.05, 3.63) is 29.8 Å². The SMILES string of the molecule is Cc1ccc(-c2nc(SCCC(=O)O)n[nH]2)cc1. The van der Waals surface area contributed by atoms with Crippen LogP contribution in [0.4, 0.5) is 0 Å². The molecule has 18 heavy (non-hydrogen) atoms. The van der Waals surface area contributed by atoms with Crippen LogP contribution in [0.5, 0.6) is 0 Å². The molecule has 0 unspecified atom stereocenters. The molecule has 0 radical (unpaired) electrons. The number of nitrogens with one attached hydrogen (secondary N) is 1. The topological polar surface area (TPSA) is 78.9 Å². The van der Waals surface area contributed by atoms with E-state index in [9.17, 15) is 4.79 Å². The number of carbonyl (C=O) groups is 1. The lowest BCUT2D eigenvalue weighted by atomic mass is 10.1. The van der Waals surface area contributed by atoms with Gasteiger partial charge in [-0.3, -0.25) is 9.89 Å². The molecule has 0 aliphatic heterocycles. The minimum absolute atomic E-state index is 0.110. The zero-order chi connectivity index (χ0) is 13.0. The number of benzene rings is 1. The van der Waals surface area contributed by atoms with Crippen LogP contribution in [0.1, 0.15) is 12.0 Å². The third-order valence-corrected chi connectivity index (χ3v) is 3.19. The van der Waals surface area contributed by atoms with E-state index < -0.39 is 5.97 Å². The third-order valence-electron chi connectivity index (χ3n) is 2.34. The van der Waals surface area contributed by atoms with E-state index in [2.05, 4.69) is 15.2 Å². The van der Waals surface area contributed by atoms with Gasteiger partial charge < -0.3 is 5.11 Å². The van der Waals surface area contributed by atoms with E-state index in [0.717, 1.165) is 5.56 Å². The summed E-state index contributed by atoms with van der Waals surface area (Å²) >= 11 is 1.33. The maximum Gasteiger partial charge on any atom is 0.304 e. The van der Waals surface area contributed by atoms with E-state index in [1.54, 1.807) is 0 Å². The molecule has 6 heteroatoms. The van der Waals surface area contributed by atoms with Crippen molar-refractivity contribution in [2.45, 2.75) is 18.5 Å². The molecule has 0 fully saturated rings. The van der Waals surface area contributed by atoms with Crippen LogP contribution in [0, 0.1) is 6.92 Å². The van der Waals surface area contributed by atoms with Crippen LogP contribution in [0.3, 0.4) is 0 Å². The number of aryl methyl sites for hydroxylation is 1. The van der Waals surface area contributed by atoms with Crippen LogP contribution in [-0.4, -0.2) is 32.0 Å². The number of hydrogen-bond donors (Lipinski definition) is 2. The maximum absolute atomic E-state index is 10.4. The lowest BCUT2D eigenvalue weighted by Crippen LogP contribution is -1.95. The highest BCUT2D eigenvalue weighted by atomic mass is 32.2. The van der Waals surface area contributed by atoms with Crippen LogP contribution in [0.2, 0.25) is 0 Å². The normalized spacial score (nSPS) is 10.5.